The molecule has 2 aromatic heterocycles. The summed E-state index contributed by atoms with van der Waals surface area (Å²) < 4.78 is 0. The predicted molar refractivity (Wildman–Crippen MR) is 172 cm³/mol. The molecule has 6 aromatic carbocycles. The van der Waals surface area contributed by atoms with E-state index in [0.29, 0.717) is 17.5 Å². The van der Waals surface area contributed by atoms with Crippen LogP contribution < -0.4 is 0 Å². The average molecular weight is 537 g/mol. The summed E-state index contributed by atoms with van der Waals surface area (Å²) >= 11 is 0. The fraction of sp³-hybridized carbons (Fsp3) is 0. The zero-order chi connectivity index (χ0) is 27.9. The summed E-state index contributed by atoms with van der Waals surface area (Å²) in [6.07, 6.45) is 1.84. The Morgan fingerprint density at radius 1 is 0.357 bits per heavy atom. The van der Waals surface area contributed by atoms with Gasteiger partial charge in [0, 0.05) is 33.8 Å². The number of hydrogen-bond donors (Lipinski definition) is 0. The van der Waals surface area contributed by atoms with Crippen LogP contribution in [0.5, 0.6) is 0 Å². The van der Waals surface area contributed by atoms with Gasteiger partial charge in [-0.05, 0) is 39.2 Å². The second-order valence-corrected chi connectivity index (χ2v) is 10.4. The molecule has 0 spiro atoms. The van der Waals surface area contributed by atoms with Crippen LogP contribution in [0.15, 0.2) is 146 Å². The first-order valence-electron chi connectivity index (χ1n) is 14.0. The number of rotatable bonds is 4. The van der Waals surface area contributed by atoms with Gasteiger partial charge in [0.15, 0.2) is 17.5 Å². The average Bonchev–Trinajstić information content (AvgIpc) is 3.07. The monoisotopic (exact) mass is 536 g/mol. The summed E-state index contributed by atoms with van der Waals surface area (Å²) in [7, 11) is 0. The molecule has 0 bridgehead atoms. The Labute approximate surface area is 243 Å². The molecule has 8 rings (SSSR count). The molecule has 0 N–H and O–H groups in total. The van der Waals surface area contributed by atoms with Gasteiger partial charge in [0.2, 0.25) is 0 Å². The highest BCUT2D eigenvalue weighted by Crippen LogP contribution is 2.32. The maximum atomic E-state index is 5.03. The van der Waals surface area contributed by atoms with Crippen molar-refractivity contribution in [1.29, 1.82) is 0 Å². The molecular weight excluding hydrogens is 512 g/mol. The third-order valence-corrected chi connectivity index (χ3v) is 7.76. The predicted octanol–water partition coefficient (Wildman–Crippen LogP) is 9.39. The van der Waals surface area contributed by atoms with E-state index in [-0.39, 0.29) is 0 Å². The van der Waals surface area contributed by atoms with E-state index in [2.05, 4.69) is 138 Å². The minimum atomic E-state index is 0.638. The van der Waals surface area contributed by atoms with Gasteiger partial charge in [-0.3, -0.25) is 4.98 Å². The van der Waals surface area contributed by atoms with E-state index >= 15 is 0 Å². The third kappa shape index (κ3) is 4.27. The first-order chi connectivity index (χ1) is 20.8. The van der Waals surface area contributed by atoms with E-state index in [9.17, 15) is 0 Å². The Kier molecular flexibility index (Phi) is 5.75. The highest BCUT2D eigenvalue weighted by atomic mass is 15.0. The lowest BCUT2D eigenvalue weighted by molar-refractivity contribution is 1.08. The van der Waals surface area contributed by atoms with Gasteiger partial charge in [0.25, 0.3) is 0 Å². The lowest BCUT2D eigenvalue weighted by Gasteiger charge is -2.11. The van der Waals surface area contributed by atoms with Gasteiger partial charge in [0.1, 0.15) is 0 Å². The molecule has 0 amide bonds. The largest absolute Gasteiger partial charge is 0.256 e. The van der Waals surface area contributed by atoms with E-state index < -0.39 is 0 Å². The summed E-state index contributed by atoms with van der Waals surface area (Å²) in [5, 5.41) is 5.72. The number of aromatic nitrogens is 4. The second kappa shape index (κ2) is 10.0. The van der Waals surface area contributed by atoms with Gasteiger partial charge < -0.3 is 0 Å². The maximum Gasteiger partial charge on any atom is 0.164 e. The van der Waals surface area contributed by atoms with E-state index in [1.165, 1.54) is 5.39 Å². The van der Waals surface area contributed by atoms with Crippen LogP contribution in [0.25, 0.3) is 77.7 Å². The molecule has 0 unspecified atom stereocenters. The van der Waals surface area contributed by atoms with Crippen molar-refractivity contribution in [3.05, 3.63) is 146 Å². The number of benzene rings is 6. The highest BCUT2D eigenvalue weighted by Gasteiger charge is 2.15. The number of para-hydroxylation sites is 1. The van der Waals surface area contributed by atoms with Gasteiger partial charge in [-0.15, -0.1) is 0 Å². The molecule has 0 aliphatic carbocycles. The topological polar surface area (TPSA) is 51.6 Å². The van der Waals surface area contributed by atoms with Gasteiger partial charge in [0.05, 0.1) is 5.52 Å². The molecule has 196 valence electrons. The summed E-state index contributed by atoms with van der Waals surface area (Å²) in [5.41, 5.74) is 6.06. The van der Waals surface area contributed by atoms with Crippen LogP contribution in [0.2, 0.25) is 0 Å². The molecule has 42 heavy (non-hydrogen) atoms. The van der Waals surface area contributed by atoms with Crippen LogP contribution in [-0.2, 0) is 0 Å². The highest BCUT2D eigenvalue weighted by molar-refractivity contribution is 5.96. The van der Waals surface area contributed by atoms with Crippen molar-refractivity contribution in [2.24, 2.45) is 0 Å². The zero-order valence-electron chi connectivity index (χ0n) is 22.6. The van der Waals surface area contributed by atoms with Crippen LogP contribution in [-0.4, -0.2) is 19.9 Å². The molecule has 4 heteroatoms. The number of pyridine rings is 1. The van der Waals surface area contributed by atoms with Gasteiger partial charge in [-0.2, -0.15) is 0 Å². The Morgan fingerprint density at radius 2 is 0.952 bits per heavy atom. The fourth-order valence-electron chi connectivity index (χ4n) is 5.64. The Hall–Kier alpha value is -5.74. The van der Waals surface area contributed by atoms with Gasteiger partial charge >= 0.3 is 0 Å². The number of fused-ring (bicyclic) bond motifs is 3. The Bertz CT molecular complexity index is 2240. The van der Waals surface area contributed by atoms with Crippen LogP contribution >= 0.6 is 0 Å². The van der Waals surface area contributed by atoms with E-state index in [4.69, 9.17) is 15.0 Å². The van der Waals surface area contributed by atoms with Crippen molar-refractivity contribution < 1.29 is 0 Å². The molecule has 2 heterocycles. The van der Waals surface area contributed by atoms with E-state index in [1.807, 2.05) is 12.3 Å². The van der Waals surface area contributed by atoms with Gasteiger partial charge in [-0.25, -0.2) is 15.0 Å². The molecule has 0 radical (unpaired) electrons. The van der Waals surface area contributed by atoms with Crippen LogP contribution in [0, 0.1) is 0 Å². The van der Waals surface area contributed by atoms with Crippen LogP contribution in [0.1, 0.15) is 0 Å². The van der Waals surface area contributed by atoms with Crippen molar-refractivity contribution in [2.75, 3.05) is 0 Å². The molecule has 0 saturated carbocycles. The molecule has 4 nitrogen and oxygen atoms in total. The van der Waals surface area contributed by atoms with Crippen molar-refractivity contribution in [1.82, 2.24) is 19.9 Å². The van der Waals surface area contributed by atoms with Crippen molar-refractivity contribution >= 4 is 32.4 Å². The smallest absolute Gasteiger partial charge is 0.164 e. The van der Waals surface area contributed by atoms with E-state index in [0.717, 1.165) is 54.9 Å². The first-order valence-corrected chi connectivity index (χ1v) is 14.0. The second-order valence-electron chi connectivity index (χ2n) is 10.4. The molecule has 8 aromatic rings. The molecule has 0 aliphatic heterocycles. The minimum Gasteiger partial charge on any atom is -0.256 e. The van der Waals surface area contributed by atoms with Gasteiger partial charge in [-0.1, -0.05) is 127 Å². The van der Waals surface area contributed by atoms with E-state index in [1.54, 1.807) is 0 Å². The van der Waals surface area contributed by atoms with Crippen molar-refractivity contribution in [3.8, 4) is 45.3 Å². The molecule has 0 fully saturated rings. The Morgan fingerprint density at radius 3 is 1.81 bits per heavy atom. The van der Waals surface area contributed by atoms with Crippen molar-refractivity contribution in [3.63, 3.8) is 0 Å². The first kappa shape index (κ1) is 24.1. The summed E-state index contributed by atoms with van der Waals surface area (Å²) in [6.45, 7) is 0. The number of hydrogen-bond acceptors (Lipinski definition) is 4. The Balaban J connectivity index is 1.29. The summed E-state index contributed by atoms with van der Waals surface area (Å²) in [5.74, 6) is 1.94. The summed E-state index contributed by atoms with van der Waals surface area (Å²) in [6, 6.07) is 48.1. The molecular formula is C38H24N4. The molecule has 0 aliphatic rings. The lowest BCUT2D eigenvalue weighted by Crippen LogP contribution is -2.00. The quantitative estimate of drug-likeness (QED) is 0.225. The molecule has 0 atom stereocenters. The number of nitrogens with zero attached hydrogens (tertiary/aromatic N) is 4. The third-order valence-electron chi connectivity index (χ3n) is 7.76. The fourth-order valence-corrected chi connectivity index (χ4v) is 5.64. The standard InChI is InChI=1S/C38H24N4/c1-2-10-30-24-31(22-17-25(30)8-1)37-40-36(41-38(42-37)34-16-5-11-26-9-3-4-14-32(26)34)29-20-18-27(19-21-29)33-15-6-12-28-13-7-23-39-35(28)33/h1-24H. The SMILES string of the molecule is c1ccc2cc(-c3nc(-c4ccc(-c5cccc6cccnc56)cc4)nc(-c4cccc5ccccc45)n3)ccc2c1. The summed E-state index contributed by atoms with van der Waals surface area (Å²) in [4.78, 5) is 19.7. The normalized spacial score (nSPS) is 11.3. The maximum absolute atomic E-state index is 5.03. The minimum absolute atomic E-state index is 0.638. The molecule has 0 saturated heterocycles. The lowest BCUT2D eigenvalue weighted by atomic mass is 10.0. The van der Waals surface area contributed by atoms with Crippen LogP contribution in [0.4, 0.5) is 0 Å². The van der Waals surface area contributed by atoms with Crippen LogP contribution in [0.3, 0.4) is 0 Å². The van der Waals surface area contributed by atoms with Crippen molar-refractivity contribution in [2.45, 2.75) is 0 Å². The zero-order valence-corrected chi connectivity index (χ0v) is 22.6.